The maximum absolute atomic E-state index is 13.0. The Hall–Kier alpha value is -5.35. The van der Waals surface area contributed by atoms with E-state index in [4.69, 9.17) is 0 Å². The average Bonchev–Trinajstić information content (AvgIpc) is 3.34. The van der Waals surface area contributed by atoms with Gasteiger partial charge in [0.2, 0.25) is 5.91 Å². The summed E-state index contributed by atoms with van der Waals surface area (Å²) in [7, 11) is 2.12. The Morgan fingerprint density at radius 2 is 1.27 bits per heavy atom. The molecule has 0 bridgehead atoms. The van der Waals surface area contributed by atoms with E-state index in [1.165, 1.54) is 38.0 Å². The second kappa shape index (κ2) is 23.3. The van der Waals surface area contributed by atoms with Crippen LogP contribution in [0.5, 0.6) is 0 Å². The molecule has 59 heavy (non-hydrogen) atoms. The van der Waals surface area contributed by atoms with Crippen LogP contribution in [0.25, 0.3) is 0 Å². The lowest BCUT2D eigenvalue weighted by atomic mass is 9.80. The quantitative estimate of drug-likeness (QED) is 0.0436. The van der Waals surface area contributed by atoms with Gasteiger partial charge in [0.25, 0.3) is 0 Å². The first kappa shape index (κ1) is 48.0. The highest BCUT2D eigenvalue weighted by atomic mass is 16.4. The van der Waals surface area contributed by atoms with E-state index in [9.17, 15) is 44.4 Å². The second-order valence-corrected chi connectivity index (χ2v) is 16.1. The highest BCUT2D eigenvalue weighted by Gasteiger charge is 2.37. The van der Waals surface area contributed by atoms with Gasteiger partial charge in [-0.25, -0.2) is 0 Å². The van der Waals surface area contributed by atoms with Crippen LogP contribution in [-0.2, 0) is 34.8 Å². The Morgan fingerprint density at radius 3 is 1.85 bits per heavy atom. The van der Waals surface area contributed by atoms with E-state index in [0.717, 1.165) is 19.4 Å². The summed E-state index contributed by atoms with van der Waals surface area (Å²) in [4.78, 5) is 64.4. The molecule has 0 radical (unpaired) electrons. The molecule has 2 aromatic rings. The predicted octanol–water partition coefficient (Wildman–Crippen LogP) is 3.11. The zero-order chi connectivity index (χ0) is 43.6. The number of aliphatic carboxylic acids is 4. The maximum Gasteiger partial charge on any atom is 0.317 e. The molecule has 15 heteroatoms. The van der Waals surface area contributed by atoms with E-state index < -0.39 is 50.1 Å². The third kappa shape index (κ3) is 16.1. The highest BCUT2D eigenvalue weighted by molar-refractivity contribution is 5.78. The molecule has 0 saturated heterocycles. The molecule has 0 aromatic heterocycles. The average molecular weight is 820 g/mol. The molecule has 15 nitrogen and oxygen atoms in total. The number of hydrogen-bond acceptors (Lipinski definition) is 9. The number of nitrogens with two attached hydrogens (primary N) is 1. The summed E-state index contributed by atoms with van der Waals surface area (Å²) in [6.45, 7) is 8.25. The molecule has 0 saturated carbocycles. The van der Waals surface area contributed by atoms with Gasteiger partial charge in [-0.2, -0.15) is 0 Å². The lowest BCUT2D eigenvalue weighted by Gasteiger charge is -2.28. The molecule has 0 aliphatic carbocycles. The van der Waals surface area contributed by atoms with Crippen LogP contribution in [0.15, 0.2) is 84.6 Å². The summed E-state index contributed by atoms with van der Waals surface area (Å²) in [5.74, 6) is -5.14. The summed E-state index contributed by atoms with van der Waals surface area (Å²) < 4.78 is 0. The lowest BCUT2D eigenvalue weighted by Crippen LogP contribution is -2.78. The number of hydrogen-bond donors (Lipinski definition) is 6. The summed E-state index contributed by atoms with van der Waals surface area (Å²) in [6.07, 6.45) is 13.1. The van der Waals surface area contributed by atoms with Gasteiger partial charge in [0, 0.05) is 62.1 Å². The van der Waals surface area contributed by atoms with Crippen LogP contribution in [0.2, 0.25) is 0 Å². The van der Waals surface area contributed by atoms with Gasteiger partial charge in [-0.3, -0.25) is 38.7 Å². The SMILES string of the molecule is CN1/C(=C/C=C/C=C/CC(C)(C)c2ccccc2[NH2+]CCCCNC(=O)CN(CCN(CC(=O)O)CC(=O)O)CCN(CC(=O)O)CC(=O)O)C(C)(C)c2ccccc21. The minimum absolute atomic E-state index is 0.0101. The van der Waals surface area contributed by atoms with E-state index in [1.807, 2.05) is 6.07 Å². The molecule has 1 aliphatic heterocycles. The van der Waals surface area contributed by atoms with Crippen LogP contribution in [-0.4, -0.2) is 144 Å². The first-order chi connectivity index (χ1) is 27.9. The number of para-hydroxylation sites is 2. The summed E-state index contributed by atoms with van der Waals surface area (Å²) in [5.41, 5.74) is 6.09. The Bertz CT molecular complexity index is 1770. The minimum Gasteiger partial charge on any atom is -0.480 e. The third-order valence-corrected chi connectivity index (χ3v) is 10.5. The molecular formula is C44H63N6O9+. The third-order valence-electron chi connectivity index (χ3n) is 10.5. The highest BCUT2D eigenvalue weighted by Crippen LogP contribution is 2.46. The molecular weight excluding hydrogens is 757 g/mol. The monoisotopic (exact) mass is 819 g/mol. The molecule has 322 valence electrons. The lowest BCUT2D eigenvalue weighted by molar-refractivity contribution is -0.572. The Balaban J connectivity index is 1.50. The number of carboxylic acid groups (broad SMARTS) is 4. The molecule has 0 unspecified atom stereocenters. The van der Waals surface area contributed by atoms with Crippen LogP contribution >= 0.6 is 0 Å². The van der Waals surface area contributed by atoms with Crippen molar-refractivity contribution < 1.29 is 49.7 Å². The number of nitrogens with one attached hydrogen (secondary N) is 1. The molecule has 0 fully saturated rings. The number of rotatable bonds is 27. The van der Waals surface area contributed by atoms with Crippen LogP contribution in [0.4, 0.5) is 11.4 Å². The number of quaternary nitrogens is 1. The van der Waals surface area contributed by atoms with Crippen LogP contribution < -0.4 is 15.5 Å². The van der Waals surface area contributed by atoms with E-state index >= 15 is 0 Å². The molecule has 1 heterocycles. The van der Waals surface area contributed by atoms with Crippen molar-refractivity contribution in [3.05, 3.63) is 95.7 Å². The zero-order valence-corrected chi connectivity index (χ0v) is 35.1. The van der Waals surface area contributed by atoms with Gasteiger partial charge in [-0.05, 0) is 48.4 Å². The topological polar surface area (TPSA) is 208 Å². The van der Waals surface area contributed by atoms with E-state index in [1.54, 1.807) is 4.90 Å². The van der Waals surface area contributed by atoms with Crippen LogP contribution in [0.3, 0.4) is 0 Å². The summed E-state index contributed by atoms with van der Waals surface area (Å²) in [6, 6.07) is 16.9. The second-order valence-electron chi connectivity index (χ2n) is 16.1. The number of unbranched alkanes of at least 4 members (excludes halogenated alkanes) is 1. The number of anilines is 1. The number of amides is 1. The van der Waals surface area contributed by atoms with Crippen molar-refractivity contribution in [3.63, 3.8) is 0 Å². The number of benzene rings is 2. The first-order valence-corrected chi connectivity index (χ1v) is 20.0. The van der Waals surface area contributed by atoms with Gasteiger partial charge in [0.05, 0.1) is 39.3 Å². The molecule has 1 amide bonds. The largest absolute Gasteiger partial charge is 0.480 e. The molecule has 0 spiro atoms. The first-order valence-electron chi connectivity index (χ1n) is 20.0. The van der Waals surface area contributed by atoms with Gasteiger partial charge in [0.15, 0.2) is 0 Å². The fraction of sp³-hybridized carbons (Fsp3) is 0.477. The Morgan fingerprint density at radius 1 is 0.729 bits per heavy atom. The predicted molar refractivity (Wildman–Crippen MR) is 227 cm³/mol. The fourth-order valence-electron chi connectivity index (χ4n) is 7.40. The van der Waals surface area contributed by atoms with Gasteiger partial charge in [-0.15, -0.1) is 0 Å². The van der Waals surface area contributed by atoms with E-state index in [0.29, 0.717) is 13.0 Å². The van der Waals surface area contributed by atoms with Crippen molar-refractivity contribution in [3.8, 4) is 0 Å². The Kier molecular flexibility index (Phi) is 19.0. The summed E-state index contributed by atoms with van der Waals surface area (Å²) in [5, 5.41) is 41.9. The van der Waals surface area contributed by atoms with Crippen molar-refractivity contribution in [2.75, 3.05) is 83.9 Å². The van der Waals surface area contributed by atoms with Gasteiger partial charge in [0.1, 0.15) is 5.69 Å². The van der Waals surface area contributed by atoms with Crippen LogP contribution in [0, 0.1) is 0 Å². The van der Waals surface area contributed by atoms with Crippen molar-refractivity contribution in [2.24, 2.45) is 0 Å². The van der Waals surface area contributed by atoms with Crippen molar-refractivity contribution in [2.45, 2.75) is 57.8 Å². The number of likely N-dealkylation sites (N-methyl/N-ethyl adjacent to an activating group) is 1. The standard InChI is InChI=1S/C44H62N6O9/c1-43(2,21-13-7-6-8-20-37-44(3,4)34-17-10-12-19-36(34)47(37)5)33-16-9-11-18-35(33)45-22-14-15-23-46-38(51)28-48(24-26-49(29-39(52)53)30-40(54)55)25-27-50(31-41(56)57)32-42(58)59/h6-13,16-20,45H,14-15,21-32H2,1-5H3,(H,46,51)(H,52,53)(H,54,55)(H,56,57)(H,58,59)/p+1/b8-6+,13-7+,37-20+. The van der Waals surface area contributed by atoms with Gasteiger partial charge < -0.3 is 36.0 Å². The number of carboxylic acids is 4. The van der Waals surface area contributed by atoms with Gasteiger partial charge >= 0.3 is 23.9 Å². The normalized spacial score (nSPS) is 14.6. The molecule has 1 aliphatic rings. The zero-order valence-electron chi connectivity index (χ0n) is 35.1. The summed E-state index contributed by atoms with van der Waals surface area (Å²) >= 11 is 0. The maximum atomic E-state index is 13.0. The number of fused-ring (bicyclic) bond motifs is 1. The molecule has 7 N–H and O–H groups in total. The number of carbonyl (C=O) groups excluding carboxylic acids is 1. The fourth-order valence-corrected chi connectivity index (χ4v) is 7.40. The van der Waals surface area contributed by atoms with Crippen molar-refractivity contribution in [1.29, 1.82) is 0 Å². The Labute approximate surface area is 347 Å². The minimum atomic E-state index is -1.21. The van der Waals surface area contributed by atoms with Crippen molar-refractivity contribution >= 4 is 41.2 Å². The molecule has 3 rings (SSSR count). The van der Waals surface area contributed by atoms with Gasteiger partial charge in [-0.1, -0.05) is 88.4 Å². The molecule has 2 aromatic carbocycles. The van der Waals surface area contributed by atoms with Crippen LogP contribution in [0.1, 0.15) is 58.1 Å². The van der Waals surface area contributed by atoms with Crippen molar-refractivity contribution in [1.82, 2.24) is 20.0 Å². The smallest absolute Gasteiger partial charge is 0.317 e. The number of nitrogens with zero attached hydrogens (tertiary/aromatic N) is 4. The molecule has 0 atom stereocenters. The van der Waals surface area contributed by atoms with E-state index in [2.05, 4.69) is 123 Å². The number of carbonyl (C=O) groups is 5. The number of allylic oxidation sites excluding steroid dienone is 6. The van der Waals surface area contributed by atoms with E-state index in [-0.39, 0.29) is 49.5 Å².